The van der Waals surface area contributed by atoms with Crippen molar-refractivity contribution in [2.75, 3.05) is 16.8 Å². The van der Waals surface area contributed by atoms with Gasteiger partial charge in [-0.1, -0.05) is 22.0 Å². The number of halogens is 1. The summed E-state index contributed by atoms with van der Waals surface area (Å²) in [6.45, 7) is 0.372. The molecule has 4 rings (SSSR count). The Morgan fingerprint density at radius 2 is 2.04 bits per heavy atom. The van der Waals surface area contributed by atoms with E-state index < -0.39 is 0 Å². The highest BCUT2D eigenvalue weighted by molar-refractivity contribution is 9.10. The van der Waals surface area contributed by atoms with Gasteiger partial charge in [0.1, 0.15) is 0 Å². The molecule has 1 unspecified atom stereocenters. The van der Waals surface area contributed by atoms with E-state index in [1.165, 1.54) is 6.39 Å². The average Bonchev–Trinajstić information content (AvgIpc) is 3.32. The van der Waals surface area contributed by atoms with Gasteiger partial charge in [-0.25, -0.2) is 4.98 Å². The van der Waals surface area contributed by atoms with Crippen molar-refractivity contribution >= 4 is 39.1 Å². The van der Waals surface area contributed by atoms with Crippen LogP contribution < -0.4 is 10.2 Å². The van der Waals surface area contributed by atoms with E-state index in [0.29, 0.717) is 18.0 Å². The Morgan fingerprint density at radius 3 is 2.74 bits per heavy atom. The molecule has 0 radical (unpaired) electrons. The summed E-state index contributed by atoms with van der Waals surface area (Å²) < 4.78 is 6.15. The molecular weight excluding hydrogens is 410 g/mol. The highest BCUT2D eigenvalue weighted by Crippen LogP contribution is 2.28. The first-order valence-electron chi connectivity index (χ1n) is 8.46. The van der Waals surface area contributed by atoms with Gasteiger partial charge in [-0.15, -0.1) is 0 Å². The van der Waals surface area contributed by atoms with Crippen LogP contribution >= 0.6 is 15.9 Å². The van der Waals surface area contributed by atoms with Crippen LogP contribution in [0.2, 0.25) is 0 Å². The zero-order chi connectivity index (χ0) is 18.8. The molecule has 0 aliphatic carbocycles. The molecule has 1 N–H and O–H groups in total. The Balaban J connectivity index is 1.42. The molecule has 3 aromatic rings. The largest absolute Gasteiger partial charge is 0.444 e. The van der Waals surface area contributed by atoms with Crippen LogP contribution in [-0.2, 0) is 9.59 Å². The van der Waals surface area contributed by atoms with E-state index in [-0.39, 0.29) is 24.2 Å². The normalized spacial score (nSPS) is 16.6. The fraction of sp³-hybridized carbons (Fsp3) is 0.150. The maximum absolute atomic E-state index is 12.6. The number of rotatable bonds is 4. The average molecular weight is 426 g/mol. The number of hydrogen-bond acceptors (Lipinski definition) is 4. The molecule has 1 aliphatic heterocycles. The van der Waals surface area contributed by atoms with Crippen LogP contribution in [0.1, 0.15) is 6.42 Å². The third-order valence-corrected chi connectivity index (χ3v) is 4.98. The summed E-state index contributed by atoms with van der Waals surface area (Å²) in [5.74, 6) is 0.0755. The van der Waals surface area contributed by atoms with Gasteiger partial charge < -0.3 is 14.6 Å². The van der Waals surface area contributed by atoms with Crippen molar-refractivity contribution in [3.8, 4) is 11.3 Å². The molecule has 2 amide bonds. The van der Waals surface area contributed by atoms with E-state index in [1.807, 2.05) is 36.4 Å². The lowest BCUT2D eigenvalue weighted by Gasteiger charge is -2.17. The van der Waals surface area contributed by atoms with Gasteiger partial charge in [0.15, 0.2) is 12.2 Å². The SMILES string of the molecule is O=C(Nc1ccc(-c2cnco2)cc1)C1CC(=O)N(c2cccc(Br)c2)C1. The fourth-order valence-electron chi connectivity index (χ4n) is 3.10. The quantitative estimate of drug-likeness (QED) is 0.682. The summed E-state index contributed by atoms with van der Waals surface area (Å²) >= 11 is 3.41. The number of nitrogens with zero attached hydrogens (tertiary/aromatic N) is 2. The third kappa shape index (κ3) is 3.78. The molecule has 136 valence electrons. The van der Waals surface area contributed by atoms with Crippen molar-refractivity contribution in [2.24, 2.45) is 5.92 Å². The minimum absolute atomic E-state index is 0.0473. The zero-order valence-corrected chi connectivity index (χ0v) is 15.8. The smallest absolute Gasteiger partial charge is 0.229 e. The molecular formula is C20H16BrN3O3. The number of aromatic nitrogens is 1. The van der Waals surface area contributed by atoms with E-state index in [4.69, 9.17) is 4.42 Å². The van der Waals surface area contributed by atoms with Crippen molar-refractivity contribution in [1.29, 1.82) is 0 Å². The summed E-state index contributed by atoms with van der Waals surface area (Å²) in [5, 5.41) is 2.89. The molecule has 1 aliphatic rings. The zero-order valence-electron chi connectivity index (χ0n) is 14.3. The van der Waals surface area contributed by atoms with Gasteiger partial charge in [-0.2, -0.15) is 0 Å². The molecule has 1 fully saturated rings. The summed E-state index contributed by atoms with van der Waals surface area (Å²) in [5.41, 5.74) is 2.35. The van der Waals surface area contributed by atoms with Gasteiger partial charge in [-0.3, -0.25) is 9.59 Å². The number of hydrogen-bond donors (Lipinski definition) is 1. The molecule has 1 saturated heterocycles. The van der Waals surface area contributed by atoms with Gasteiger partial charge in [0.2, 0.25) is 11.8 Å². The summed E-state index contributed by atoms with van der Waals surface area (Å²) in [4.78, 5) is 30.5. The number of benzene rings is 2. The van der Waals surface area contributed by atoms with Crippen molar-refractivity contribution in [1.82, 2.24) is 4.98 Å². The Kier molecular flexibility index (Phi) is 4.77. The summed E-state index contributed by atoms with van der Waals surface area (Å²) in [7, 11) is 0. The van der Waals surface area contributed by atoms with Gasteiger partial charge in [0.25, 0.3) is 0 Å². The molecule has 7 heteroatoms. The van der Waals surface area contributed by atoms with E-state index in [2.05, 4.69) is 26.2 Å². The van der Waals surface area contributed by atoms with Crippen molar-refractivity contribution in [3.05, 3.63) is 65.6 Å². The first-order valence-corrected chi connectivity index (χ1v) is 9.25. The molecule has 0 bridgehead atoms. The first-order chi connectivity index (χ1) is 13.1. The molecule has 0 spiro atoms. The minimum Gasteiger partial charge on any atom is -0.444 e. The van der Waals surface area contributed by atoms with Crippen LogP contribution in [0.15, 0.2) is 70.0 Å². The van der Waals surface area contributed by atoms with Crippen molar-refractivity contribution in [3.63, 3.8) is 0 Å². The molecule has 27 heavy (non-hydrogen) atoms. The molecule has 0 saturated carbocycles. The Hall–Kier alpha value is -2.93. The number of carbonyl (C=O) groups excluding carboxylic acids is 2. The lowest BCUT2D eigenvalue weighted by atomic mass is 10.1. The molecule has 2 aromatic carbocycles. The second kappa shape index (κ2) is 7.36. The Morgan fingerprint density at radius 1 is 1.22 bits per heavy atom. The summed E-state index contributed by atoms with van der Waals surface area (Å²) in [6, 6.07) is 14.8. The predicted octanol–water partition coefficient (Wildman–Crippen LogP) is 4.10. The monoisotopic (exact) mass is 425 g/mol. The van der Waals surface area contributed by atoms with E-state index in [1.54, 1.807) is 23.2 Å². The number of nitrogens with one attached hydrogen (secondary N) is 1. The van der Waals surface area contributed by atoms with Crippen LogP contribution in [0.25, 0.3) is 11.3 Å². The van der Waals surface area contributed by atoms with Crippen LogP contribution in [0.4, 0.5) is 11.4 Å². The summed E-state index contributed by atoms with van der Waals surface area (Å²) in [6.07, 6.45) is 3.21. The van der Waals surface area contributed by atoms with Crippen molar-refractivity contribution < 1.29 is 14.0 Å². The van der Waals surface area contributed by atoms with Crippen LogP contribution in [-0.4, -0.2) is 23.3 Å². The molecule has 2 heterocycles. The second-order valence-electron chi connectivity index (χ2n) is 6.32. The third-order valence-electron chi connectivity index (χ3n) is 4.48. The highest BCUT2D eigenvalue weighted by Gasteiger charge is 2.35. The maximum atomic E-state index is 12.6. The van der Waals surface area contributed by atoms with E-state index in [9.17, 15) is 9.59 Å². The van der Waals surface area contributed by atoms with Gasteiger partial charge in [0, 0.05) is 34.4 Å². The topological polar surface area (TPSA) is 75.4 Å². The number of anilines is 2. The van der Waals surface area contributed by atoms with E-state index >= 15 is 0 Å². The maximum Gasteiger partial charge on any atom is 0.229 e. The van der Waals surface area contributed by atoms with Crippen LogP contribution in [0.3, 0.4) is 0 Å². The molecule has 1 aromatic heterocycles. The molecule has 1 atom stereocenters. The Labute approximate surface area is 164 Å². The van der Waals surface area contributed by atoms with Crippen LogP contribution in [0.5, 0.6) is 0 Å². The van der Waals surface area contributed by atoms with Crippen molar-refractivity contribution in [2.45, 2.75) is 6.42 Å². The first kappa shape index (κ1) is 17.5. The van der Waals surface area contributed by atoms with E-state index in [0.717, 1.165) is 15.7 Å². The Bertz CT molecular complexity index is 970. The van der Waals surface area contributed by atoms with Gasteiger partial charge >= 0.3 is 0 Å². The van der Waals surface area contributed by atoms with Gasteiger partial charge in [-0.05, 0) is 42.5 Å². The lowest BCUT2D eigenvalue weighted by molar-refractivity contribution is -0.122. The van der Waals surface area contributed by atoms with Gasteiger partial charge in [0.05, 0.1) is 12.1 Å². The second-order valence-corrected chi connectivity index (χ2v) is 7.23. The fourth-order valence-corrected chi connectivity index (χ4v) is 3.48. The number of carbonyl (C=O) groups is 2. The number of amides is 2. The highest BCUT2D eigenvalue weighted by atomic mass is 79.9. The predicted molar refractivity (Wildman–Crippen MR) is 105 cm³/mol. The van der Waals surface area contributed by atoms with Crippen LogP contribution in [0, 0.1) is 5.92 Å². The minimum atomic E-state index is -0.384. The molecule has 6 nitrogen and oxygen atoms in total. The number of oxazole rings is 1. The lowest BCUT2D eigenvalue weighted by Crippen LogP contribution is -2.28. The standard InChI is InChI=1S/C20H16BrN3O3/c21-15-2-1-3-17(9-15)24-11-14(8-19(24)25)20(26)23-16-6-4-13(5-7-16)18-10-22-12-27-18/h1-7,9-10,12,14H,8,11H2,(H,23,26).